The van der Waals surface area contributed by atoms with E-state index in [1.54, 1.807) is 7.11 Å². The monoisotopic (exact) mass is 330 g/mol. The summed E-state index contributed by atoms with van der Waals surface area (Å²) >= 11 is 1.31. The Morgan fingerprint density at radius 3 is 2.65 bits per heavy atom. The molecule has 0 saturated carbocycles. The molecule has 2 aromatic heterocycles. The molecule has 9 heteroatoms. The molecule has 0 amide bonds. The van der Waals surface area contributed by atoms with E-state index in [1.807, 2.05) is 24.3 Å². The van der Waals surface area contributed by atoms with Gasteiger partial charge in [-0.1, -0.05) is 29.1 Å². The number of ether oxygens (including phenoxy) is 1. The minimum absolute atomic E-state index is 0.322. The lowest BCUT2D eigenvalue weighted by Crippen LogP contribution is -1.99. The first-order chi connectivity index (χ1) is 11.1. The zero-order chi connectivity index (χ0) is 16.2. The lowest BCUT2D eigenvalue weighted by atomic mass is 10.2. The summed E-state index contributed by atoms with van der Waals surface area (Å²) in [4.78, 5) is 12.5. The van der Waals surface area contributed by atoms with E-state index in [0.29, 0.717) is 34.3 Å². The third-order valence-corrected chi connectivity index (χ3v) is 3.70. The topological polar surface area (TPSA) is 126 Å². The SMILES string of the molecule is COc1cccc(-c2noc(CSc3nc(N)cc(N)n3)n2)c1. The van der Waals surface area contributed by atoms with Crippen LogP contribution in [0.2, 0.25) is 0 Å². The van der Waals surface area contributed by atoms with Gasteiger partial charge in [0, 0.05) is 11.6 Å². The molecular weight excluding hydrogens is 316 g/mol. The normalized spacial score (nSPS) is 10.7. The fourth-order valence-corrected chi connectivity index (χ4v) is 2.56. The minimum Gasteiger partial charge on any atom is -0.497 e. The van der Waals surface area contributed by atoms with Crippen molar-refractivity contribution in [1.82, 2.24) is 20.1 Å². The first-order valence-corrected chi connectivity index (χ1v) is 7.62. The first-order valence-electron chi connectivity index (χ1n) is 6.64. The third kappa shape index (κ3) is 3.69. The number of hydrogen-bond acceptors (Lipinski definition) is 9. The maximum absolute atomic E-state index is 5.63. The van der Waals surface area contributed by atoms with E-state index < -0.39 is 0 Å². The number of nitrogens with zero attached hydrogens (tertiary/aromatic N) is 4. The van der Waals surface area contributed by atoms with Crippen LogP contribution in [0.5, 0.6) is 5.75 Å². The van der Waals surface area contributed by atoms with E-state index in [2.05, 4.69) is 20.1 Å². The minimum atomic E-state index is 0.322. The number of nitrogen functional groups attached to an aromatic ring is 2. The van der Waals surface area contributed by atoms with Crippen molar-refractivity contribution in [2.45, 2.75) is 10.9 Å². The molecule has 0 aliphatic rings. The number of aromatic nitrogens is 4. The quantitative estimate of drug-likeness (QED) is 0.533. The highest BCUT2D eigenvalue weighted by Crippen LogP contribution is 2.24. The Bertz CT molecular complexity index is 802. The van der Waals surface area contributed by atoms with Crippen LogP contribution in [0.3, 0.4) is 0 Å². The highest BCUT2D eigenvalue weighted by Gasteiger charge is 2.11. The van der Waals surface area contributed by atoms with E-state index in [4.69, 9.17) is 20.7 Å². The molecule has 0 bridgehead atoms. The maximum atomic E-state index is 5.63. The molecule has 3 aromatic rings. The van der Waals surface area contributed by atoms with Crippen molar-refractivity contribution in [1.29, 1.82) is 0 Å². The van der Waals surface area contributed by atoms with Crippen LogP contribution in [-0.4, -0.2) is 27.2 Å². The summed E-state index contributed by atoms with van der Waals surface area (Å²) in [5, 5.41) is 4.43. The average Bonchev–Trinajstić information content (AvgIpc) is 3.01. The number of anilines is 2. The van der Waals surface area contributed by atoms with Crippen LogP contribution in [0.25, 0.3) is 11.4 Å². The third-order valence-electron chi connectivity index (χ3n) is 2.87. The van der Waals surface area contributed by atoms with Crippen molar-refractivity contribution in [3.05, 3.63) is 36.2 Å². The Labute approximate surface area is 136 Å². The van der Waals surface area contributed by atoms with Gasteiger partial charge in [0.05, 0.1) is 12.9 Å². The van der Waals surface area contributed by atoms with E-state index in [9.17, 15) is 0 Å². The Hall–Kier alpha value is -2.81. The molecule has 0 radical (unpaired) electrons. The zero-order valence-corrected chi connectivity index (χ0v) is 13.1. The molecule has 0 aliphatic heterocycles. The molecular formula is C14H14N6O2S. The summed E-state index contributed by atoms with van der Waals surface area (Å²) in [6.07, 6.45) is 0. The predicted octanol–water partition coefficient (Wildman–Crippen LogP) is 1.99. The number of rotatable bonds is 5. The van der Waals surface area contributed by atoms with Gasteiger partial charge in [0.15, 0.2) is 5.16 Å². The first kappa shape index (κ1) is 15.1. The molecule has 1 aromatic carbocycles. The molecule has 0 aliphatic carbocycles. The van der Waals surface area contributed by atoms with Crippen LogP contribution in [-0.2, 0) is 5.75 Å². The predicted molar refractivity (Wildman–Crippen MR) is 86.7 cm³/mol. The Morgan fingerprint density at radius 2 is 1.91 bits per heavy atom. The van der Waals surface area contributed by atoms with Gasteiger partial charge in [-0.25, -0.2) is 9.97 Å². The number of benzene rings is 1. The van der Waals surface area contributed by atoms with E-state index >= 15 is 0 Å². The van der Waals surface area contributed by atoms with E-state index in [1.165, 1.54) is 17.8 Å². The van der Waals surface area contributed by atoms with Crippen molar-refractivity contribution in [2.75, 3.05) is 18.6 Å². The summed E-state index contributed by atoms with van der Waals surface area (Å²) in [5.41, 5.74) is 12.1. The van der Waals surface area contributed by atoms with Gasteiger partial charge in [0.25, 0.3) is 0 Å². The average molecular weight is 330 g/mol. The van der Waals surface area contributed by atoms with Gasteiger partial charge in [-0.3, -0.25) is 0 Å². The van der Waals surface area contributed by atoms with Crippen LogP contribution >= 0.6 is 11.8 Å². The lowest BCUT2D eigenvalue weighted by molar-refractivity contribution is 0.391. The zero-order valence-electron chi connectivity index (χ0n) is 12.3. The Morgan fingerprint density at radius 1 is 1.13 bits per heavy atom. The van der Waals surface area contributed by atoms with Crippen molar-refractivity contribution in [3.63, 3.8) is 0 Å². The largest absolute Gasteiger partial charge is 0.497 e. The molecule has 0 saturated heterocycles. The van der Waals surface area contributed by atoms with Gasteiger partial charge in [0.2, 0.25) is 11.7 Å². The van der Waals surface area contributed by atoms with Gasteiger partial charge in [-0.2, -0.15) is 4.98 Å². The summed E-state index contributed by atoms with van der Waals surface area (Å²) in [7, 11) is 1.61. The second-order valence-electron chi connectivity index (χ2n) is 4.53. The van der Waals surface area contributed by atoms with Gasteiger partial charge >= 0.3 is 0 Å². The number of nitrogens with two attached hydrogens (primary N) is 2. The van der Waals surface area contributed by atoms with Gasteiger partial charge < -0.3 is 20.7 Å². The molecule has 4 N–H and O–H groups in total. The van der Waals surface area contributed by atoms with E-state index in [0.717, 1.165) is 11.3 Å². The maximum Gasteiger partial charge on any atom is 0.237 e. The van der Waals surface area contributed by atoms with Gasteiger partial charge in [-0.15, -0.1) is 0 Å². The Kier molecular flexibility index (Phi) is 4.29. The number of thioether (sulfide) groups is 1. The van der Waals surface area contributed by atoms with Crippen LogP contribution < -0.4 is 16.2 Å². The standard InChI is InChI=1S/C14H14N6O2S/c1-21-9-4-2-3-8(5-9)13-19-12(22-20-13)7-23-14-17-10(15)6-11(16)18-14/h2-6H,7H2,1H3,(H4,15,16,17,18). The van der Waals surface area contributed by atoms with Crippen LogP contribution in [0.4, 0.5) is 11.6 Å². The molecule has 118 valence electrons. The molecule has 0 unspecified atom stereocenters. The van der Waals surface area contributed by atoms with Gasteiger partial charge in [0.1, 0.15) is 17.4 Å². The highest BCUT2D eigenvalue weighted by molar-refractivity contribution is 7.98. The van der Waals surface area contributed by atoms with Crippen molar-refractivity contribution >= 4 is 23.4 Å². The fraction of sp³-hybridized carbons (Fsp3) is 0.143. The van der Waals surface area contributed by atoms with Crippen LogP contribution in [0.15, 0.2) is 40.0 Å². The molecule has 2 heterocycles. The smallest absolute Gasteiger partial charge is 0.237 e. The summed E-state index contributed by atoms with van der Waals surface area (Å²) in [6.45, 7) is 0. The summed E-state index contributed by atoms with van der Waals surface area (Å²) in [6, 6.07) is 8.93. The summed E-state index contributed by atoms with van der Waals surface area (Å²) < 4.78 is 10.4. The van der Waals surface area contributed by atoms with E-state index in [-0.39, 0.29) is 0 Å². The molecule has 0 fully saturated rings. The molecule has 8 nitrogen and oxygen atoms in total. The second kappa shape index (κ2) is 6.53. The molecule has 0 spiro atoms. The number of hydrogen-bond donors (Lipinski definition) is 2. The molecule has 23 heavy (non-hydrogen) atoms. The lowest BCUT2D eigenvalue weighted by Gasteiger charge is -2.00. The molecule has 0 atom stereocenters. The van der Waals surface area contributed by atoms with Crippen molar-refractivity contribution in [2.24, 2.45) is 0 Å². The van der Waals surface area contributed by atoms with Gasteiger partial charge in [-0.05, 0) is 12.1 Å². The molecule has 3 rings (SSSR count). The highest BCUT2D eigenvalue weighted by atomic mass is 32.2. The second-order valence-corrected chi connectivity index (χ2v) is 5.48. The van der Waals surface area contributed by atoms with Crippen LogP contribution in [0, 0.1) is 0 Å². The number of methoxy groups -OCH3 is 1. The Balaban J connectivity index is 1.71. The fourth-order valence-electron chi connectivity index (χ4n) is 1.85. The van der Waals surface area contributed by atoms with Crippen molar-refractivity contribution < 1.29 is 9.26 Å². The van der Waals surface area contributed by atoms with Crippen molar-refractivity contribution in [3.8, 4) is 17.1 Å². The summed E-state index contributed by atoms with van der Waals surface area (Å²) in [5.74, 6) is 2.74. The van der Waals surface area contributed by atoms with Crippen LogP contribution in [0.1, 0.15) is 5.89 Å².